The Balaban J connectivity index is 2.54. The Hall–Kier alpha value is -1.23. The zero-order valence-corrected chi connectivity index (χ0v) is 11.0. The second-order valence-electron chi connectivity index (χ2n) is 4.26. The van der Waals surface area contributed by atoms with Gasteiger partial charge in [0.2, 0.25) is 5.91 Å². The number of benzene rings is 1. The van der Waals surface area contributed by atoms with Crippen molar-refractivity contribution in [2.24, 2.45) is 0 Å². The molecular formula is C12H11BrFNO2. The Labute approximate surface area is 107 Å². The Morgan fingerprint density at radius 2 is 2.12 bits per heavy atom. The summed E-state index contributed by atoms with van der Waals surface area (Å²) in [6.07, 6.45) is 0.0553. The van der Waals surface area contributed by atoms with Crippen LogP contribution in [0, 0.1) is 5.82 Å². The second-order valence-corrected chi connectivity index (χ2v) is 5.18. The molecule has 0 spiro atoms. The standard InChI is InChI=1S/C12H11BrFNO2/c1-15(2)12(17)8-5-10(16)7-3-6(13)4-9(14)11(7)8/h3-4,8H,5H2,1-2H3/t8-/m0/s1. The van der Waals surface area contributed by atoms with Crippen LogP contribution in [0.5, 0.6) is 0 Å². The molecule has 0 N–H and O–H groups in total. The highest BCUT2D eigenvalue weighted by molar-refractivity contribution is 9.10. The third-order valence-electron chi connectivity index (χ3n) is 2.87. The summed E-state index contributed by atoms with van der Waals surface area (Å²) in [7, 11) is 3.20. The molecule has 2 rings (SSSR count). The van der Waals surface area contributed by atoms with E-state index in [1.807, 2.05) is 0 Å². The molecule has 1 aliphatic rings. The largest absolute Gasteiger partial charge is 0.348 e. The van der Waals surface area contributed by atoms with Crippen LogP contribution < -0.4 is 0 Å². The molecular weight excluding hydrogens is 289 g/mol. The molecule has 3 nitrogen and oxygen atoms in total. The van der Waals surface area contributed by atoms with Crippen molar-refractivity contribution in [3.63, 3.8) is 0 Å². The first-order valence-electron chi connectivity index (χ1n) is 5.15. The van der Waals surface area contributed by atoms with Gasteiger partial charge in [0, 0.05) is 36.1 Å². The van der Waals surface area contributed by atoms with Crippen LogP contribution in [-0.4, -0.2) is 30.7 Å². The number of hydrogen-bond acceptors (Lipinski definition) is 2. The Morgan fingerprint density at radius 1 is 1.47 bits per heavy atom. The fourth-order valence-electron chi connectivity index (χ4n) is 2.09. The average molecular weight is 300 g/mol. The van der Waals surface area contributed by atoms with Gasteiger partial charge in [0.25, 0.3) is 0 Å². The van der Waals surface area contributed by atoms with E-state index in [0.29, 0.717) is 10.0 Å². The molecule has 17 heavy (non-hydrogen) atoms. The van der Waals surface area contributed by atoms with E-state index in [1.165, 1.54) is 11.0 Å². The average Bonchev–Trinajstić information content (AvgIpc) is 2.55. The molecule has 0 saturated carbocycles. The number of nitrogens with zero attached hydrogens (tertiary/aromatic N) is 1. The summed E-state index contributed by atoms with van der Waals surface area (Å²) in [4.78, 5) is 25.0. The van der Waals surface area contributed by atoms with E-state index < -0.39 is 11.7 Å². The van der Waals surface area contributed by atoms with Gasteiger partial charge in [-0.2, -0.15) is 0 Å². The fraction of sp³-hybridized carbons (Fsp3) is 0.333. The predicted octanol–water partition coefficient (Wildman–Crippen LogP) is 2.35. The molecule has 0 aromatic heterocycles. The van der Waals surface area contributed by atoms with Crippen LogP contribution in [0.1, 0.15) is 28.3 Å². The van der Waals surface area contributed by atoms with Gasteiger partial charge in [-0.15, -0.1) is 0 Å². The minimum atomic E-state index is -0.680. The maximum atomic E-state index is 13.8. The van der Waals surface area contributed by atoms with E-state index in [4.69, 9.17) is 0 Å². The van der Waals surface area contributed by atoms with Crippen LogP contribution in [0.2, 0.25) is 0 Å². The Bertz CT molecular complexity index is 513. The van der Waals surface area contributed by atoms with Crippen molar-refractivity contribution in [2.45, 2.75) is 12.3 Å². The Morgan fingerprint density at radius 3 is 2.71 bits per heavy atom. The number of carbonyl (C=O) groups is 2. The summed E-state index contributed by atoms with van der Waals surface area (Å²) in [6.45, 7) is 0. The van der Waals surface area contributed by atoms with Gasteiger partial charge in [-0.25, -0.2) is 4.39 Å². The first kappa shape index (κ1) is 12.2. The third kappa shape index (κ3) is 1.99. The van der Waals surface area contributed by atoms with Crippen LogP contribution in [-0.2, 0) is 4.79 Å². The number of halogens is 2. The van der Waals surface area contributed by atoms with E-state index in [2.05, 4.69) is 15.9 Å². The normalized spacial score (nSPS) is 18.1. The molecule has 1 atom stereocenters. The van der Waals surface area contributed by atoms with Crippen molar-refractivity contribution in [1.29, 1.82) is 0 Å². The van der Waals surface area contributed by atoms with Crippen molar-refractivity contribution >= 4 is 27.6 Å². The van der Waals surface area contributed by atoms with E-state index in [-0.39, 0.29) is 23.7 Å². The summed E-state index contributed by atoms with van der Waals surface area (Å²) < 4.78 is 14.4. The van der Waals surface area contributed by atoms with Crippen molar-refractivity contribution in [1.82, 2.24) is 4.90 Å². The molecule has 0 radical (unpaired) electrons. The lowest BCUT2D eigenvalue weighted by atomic mass is 9.99. The predicted molar refractivity (Wildman–Crippen MR) is 64.5 cm³/mol. The molecule has 0 unspecified atom stereocenters. The first-order valence-corrected chi connectivity index (χ1v) is 5.94. The number of likely N-dealkylation sites (N-methyl/N-ethyl adjacent to an activating group) is 1. The monoisotopic (exact) mass is 299 g/mol. The number of ketones is 1. The molecule has 1 amide bonds. The highest BCUT2D eigenvalue weighted by atomic mass is 79.9. The van der Waals surface area contributed by atoms with Gasteiger partial charge < -0.3 is 4.90 Å². The van der Waals surface area contributed by atoms with Crippen LogP contribution >= 0.6 is 15.9 Å². The zero-order chi connectivity index (χ0) is 12.7. The summed E-state index contributed by atoms with van der Waals surface area (Å²) in [6, 6.07) is 2.86. The van der Waals surface area contributed by atoms with Gasteiger partial charge in [0.1, 0.15) is 5.82 Å². The minimum Gasteiger partial charge on any atom is -0.348 e. The number of hydrogen-bond donors (Lipinski definition) is 0. The van der Waals surface area contributed by atoms with Gasteiger partial charge in [-0.1, -0.05) is 15.9 Å². The smallest absolute Gasteiger partial charge is 0.230 e. The van der Waals surface area contributed by atoms with Gasteiger partial charge in [-0.05, 0) is 12.1 Å². The molecule has 90 valence electrons. The number of fused-ring (bicyclic) bond motifs is 1. The van der Waals surface area contributed by atoms with E-state index in [9.17, 15) is 14.0 Å². The minimum absolute atomic E-state index is 0.0553. The summed E-state index contributed by atoms with van der Waals surface area (Å²) >= 11 is 3.14. The fourth-order valence-corrected chi connectivity index (χ4v) is 2.52. The highest BCUT2D eigenvalue weighted by Gasteiger charge is 2.37. The van der Waals surface area contributed by atoms with Gasteiger partial charge in [-0.3, -0.25) is 9.59 Å². The maximum Gasteiger partial charge on any atom is 0.230 e. The summed E-state index contributed by atoms with van der Waals surface area (Å²) in [5.74, 6) is -1.60. The molecule has 0 heterocycles. The lowest BCUT2D eigenvalue weighted by Crippen LogP contribution is -2.27. The van der Waals surface area contributed by atoms with Crippen molar-refractivity contribution in [3.05, 3.63) is 33.5 Å². The molecule has 1 aromatic rings. The number of amides is 1. The zero-order valence-electron chi connectivity index (χ0n) is 9.46. The van der Waals surface area contributed by atoms with Crippen LogP contribution in [0.4, 0.5) is 4.39 Å². The number of Topliss-reactive ketones (excluding diaryl/α,β-unsaturated/α-hetero) is 1. The Kier molecular flexibility index (Phi) is 3.03. The van der Waals surface area contributed by atoms with E-state index in [1.54, 1.807) is 20.2 Å². The summed E-state index contributed by atoms with van der Waals surface area (Å²) in [5, 5.41) is 0. The molecule has 1 aliphatic carbocycles. The topological polar surface area (TPSA) is 37.4 Å². The van der Waals surface area contributed by atoms with Gasteiger partial charge >= 0.3 is 0 Å². The molecule has 0 saturated heterocycles. The lowest BCUT2D eigenvalue weighted by molar-refractivity contribution is -0.130. The van der Waals surface area contributed by atoms with Crippen molar-refractivity contribution in [2.75, 3.05) is 14.1 Å². The second kappa shape index (κ2) is 4.22. The van der Waals surface area contributed by atoms with Crippen LogP contribution in [0.25, 0.3) is 0 Å². The SMILES string of the molecule is CN(C)C(=O)[C@H]1CC(=O)c2cc(Br)cc(F)c21. The van der Waals surface area contributed by atoms with Gasteiger partial charge in [0.05, 0.1) is 5.92 Å². The van der Waals surface area contributed by atoms with Crippen LogP contribution in [0.15, 0.2) is 16.6 Å². The molecule has 0 aliphatic heterocycles. The van der Waals surface area contributed by atoms with Crippen molar-refractivity contribution in [3.8, 4) is 0 Å². The van der Waals surface area contributed by atoms with E-state index in [0.717, 1.165) is 0 Å². The number of carbonyl (C=O) groups excluding carboxylic acids is 2. The molecule has 0 fully saturated rings. The summed E-state index contributed by atoms with van der Waals surface area (Å²) in [5.41, 5.74) is 0.550. The van der Waals surface area contributed by atoms with Crippen LogP contribution in [0.3, 0.4) is 0 Å². The lowest BCUT2D eigenvalue weighted by Gasteiger charge is -2.16. The molecule has 5 heteroatoms. The molecule has 1 aromatic carbocycles. The first-order chi connectivity index (χ1) is 7.91. The highest BCUT2D eigenvalue weighted by Crippen LogP contribution is 2.37. The third-order valence-corrected chi connectivity index (χ3v) is 3.33. The van der Waals surface area contributed by atoms with E-state index >= 15 is 0 Å². The molecule has 0 bridgehead atoms. The van der Waals surface area contributed by atoms with Gasteiger partial charge in [0.15, 0.2) is 5.78 Å². The maximum absolute atomic E-state index is 13.8. The van der Waals surface area contributed by atoms with Crippen molar-refractivity contribution < 1.29 is 14.0 Å². The number of rotatable bonds is 1. The quantitative estimate of drug-likeness (QED) is 0.798.